The zero-order valence-electron chi connectivity index (χ0n) is 16.6. The molecule has 0 fully saturated rings. The number of rotatable bonds is 9. The number of hydrogen-bond donors (Lipinski definition) is 3. The van der Waals surface area contributed by atoms with Crippen molar-refractivity contribution in [3.63, 3.8) is 0 Å². The first-order valence-corrected chi connectivity index (χ1v) is 10.3. The van der Waals surface area contributed by atoms with Crippen LogP contribution in [0.15, 0.2) is 41.3 Å². The van der Waals surface area contributed by atoms with E-state index in [1.54, 1.807) is 0 Å². The van der Waals surface area contributed by atoms with E-state index in [1.807, 2.05) is 43.3 Å². The third kappa shape index (κ3) is 6.34. The molecule has 9 nitrogen and oxygen atoms in total. The quantitative estimate of drug-likeness (QED) is 0.508. The van der Waals surface area contributed by atoms with E-state index in [2.05, 4.69) is 5.32 Å². The van der Waals surface area contributed by atoms with E-state index in [0.717, 1.165) is 23.9 Å². The average molecular weight is 423 g/mol. The molecule has 1 amide bonds. The van der Waals surface area contributed by atoms with Crippen LogP contribution in [-0.2, 0) is 16.6 Å². The smallest absolute Gasteiger partial charge is 0.255 e. The van der Waals surface area contributed by atoms with Gasteiger partial charge in [-0.25, -0.2) is 13.6 Å². The molecule has 2 aromatic carbocycles. The van der Waals surface area contributed by atoms with Crippen LogP contribution in [0.3, 0.4) is 0 Å². The number of sulfonamides is 1. The molecule has 2 rings (SSSR count). The van der Waals surface area contributed by atoms with Gasteiger partial charge in [0.25, 0.3) is 5.91 Å². The van der Waals surface area contributed by atoms with Crippen LogP contribution in [0.1, 0.15) is 15.9 Å². The van der Waals surface area contributed by atoms with E-state index in [0.29, 0.717) is 6.61 Å². The summed E-state index contributed by atoms with van der Waals surface area (Å²) in [6, 6.07) is 9.68. The number of ether oxygens (including phenoxy) is 2. The number of likely N-dealkylation sites (N-methyl/N-ethyl adjacent to an activating group) is 1. The number of methoxy groups -OCH3 is 1. The Labute approximate surface area is 170 Å². The van der Waals surface area contributed by atoms with Crippen molar-refractivity contribution in [1.29, 1.82) is 0 Å². The molecular weight excluding hydrogens is 396 g/mol. The average Bonchev–Trinajstić information content (AvgIpc) is 2.65. The van der Waals surface area contributed by atoms with Gasteiger partial charge in [-0.1, -0.05) is 12.1 Å². The van der Waals surface area contributed by atoms with Crippen LogP contribution >= 0.6 is 0 Å². The number of anilines is 1. The summed E-state index contributed by atoms with van der Waals surface area (Å²) in [4.78, 5) is 14.3. The number of nitrogens with zero attached hydrogens (tertiary/aromatic N) is 1. The number of benzene rings is 2. The molecule has 5 N–H and O–H groups in total. The summed E-state index contributed by atoms with van der Waals surface area (Å²) in [6.07, 6.45) is 0. The molecule has 0 aliphatic rings. The van der Waals surface area contributed by atoms with E-state index in [-0.39, 0.29) is 28.4 Å². The van der Waals surface area contributed by atoms with Gasteiger partial charge in [0.2, 0.25) is 10.0 Å². The van der Waals surface area contributed by atoms with Crippen molar-refractivity contribution in [3.8, 4) is 11.5 Å². The molecule has 0 saturated heterocycles. The van der Waals surface area contributed by atoms with Gasteiger partial charge >= 0.3 is 0 Å². The lowest BCUT2D eigenvalue weighted by molar-refractivity contribution is 0.0947. The second-order valence-corrected chi connectivity index (χ2v) is 8.14. The normalized spacial score (nSPS) is 11.3. The van der Waals surface area contributed by atoms with Crippen molar-refractivity contribution < 1.29 is 22.7 Å². The van der Waals surface area contributed by atoms with Gasteiger partial charge in [-0.15, -0.1) is 0 Å². The van der Waals surface area contributed by atoms with Crippen LogP contribution in [-0.4, -0.2) is 53.6 Å². The minimum absolute atomic E-state index is 0.0226. The fourth-order valence-corrected chi connectivity index (χ4v) is 3.17. The molecule has 0 aliphatic carbocycles. The van der Waals surface area contributed by atoms with Crippen molar-refractivity contribution in [3.05, 3.63) is 47.5 Å². The van der Waals surface area contributed by atoms with E-state index in [9.17, 15) is 13.2 Å². The lowest BCUT2D eigenvalue weighted by Crippen LogP contribution is -2.24. The summed E-state index contributed by atoms with van der Waals surface area (Å²) in [6.45, 7) is 1.61. The Balaban J connectivity index is 2.07. The molecule has 0 radical (unpaired) electrons. The number of hydrogen-bond acceptors (Lipinski definition) is 7. The number of nitrogen functional groups attached to an aromatic ring is 1. The highest BCUT2D eigenvalue weighted by Gasteiger charge is 2.20. The summed E-state index contributed by atoms with van der Waals surface area (Å²) in [5, 5.41) is 7.88. The first kappa shape index (κ1) is 22.5. The maximum atomic E-state index is 12.6. The van der Waals surface area contributed by atoms with Gasteiger partial charge in [0.1, 0.15) is 23.0 Å². The van der Waals surface area contributed by atoms with Crippen molar-refractivity contribution in [2.75, 3.05) is 40.1 Å². The standard InChI is InChI=1S/C19H26N4O5S/c1-23(2)8-9-28-14-6-4-13(5-7-14)12-22-19(24)15-10-18(29(21,25)26)16(20)11-17(15)27-3/h4-7,10-11H,8-9,12,20H2,1-3H3,(H,22,24)(H2,21,25,26). The predicted molar refractivity (Wildman–Crippen MR) is 110 cm³/mol. The van der Waals surface area contributed by atoms with Crippen molar-refractivity contribution in [2.24, 2.45) is 5.14 Å². The maximum absolute atomic E-state index is 12.6. The predicted octanol–water partition coefficient (Wildman–Crippen LogP) is 0.795. The van der Waals surface area contributed by atoms with Gasteiger partial charge in [-0.2, -0.15) is 0 Å². The number of nitrogens with one attached hydrogen (secondary N) is 1. The largest absolute Gasteiger partial charge is 0.496 e. The van der Waals surface area contributed by atoms with Gasteiger partial charge in [-0.3, -0.25) is 4.79 Å². The Morgan fingerprint density at radius 2 is 1.83 bits per heavy atom. The minimum atomic E-state index is -4.08. The molecule has 2 aromatic rings. The number of carbonyl (C=O) groups is 1. The van der Waals surface area contributed by atoms with Crippen molar-refractivity contribution in [1.82, 2.24) is 10.2 Å². The Hall–Kier alpha value is -2.82. The lowest BCUT2D eigenvalue weighted by Gasteiger charge is -2.13. The molecule has 158 valence electrons. The van der Waals surface area contributed by atoms with Gasteiger partial charge in [-0.05, 0) is 37.9 Å². The summed E-state index contributed by atoms with van der Waals surface area (Å²) in [7, 11) is 1.22. The highest BCUT2D eigenvalue weighted by atomic mass is 32.2. The summed E-state index contributed by atoms with van der Waals surface area (Å²) >= 11 is 0. The van der Waals surface area contributed by atoms with E-state index < -0.39 is 15.9 Å². The molecule has 0 unspecified atom stereocenters. The molecule has 29 heavy (non-hydrogen) atoms. The fraction of sp³-hybridized carbons (Fsp3) is 0.316. The Bertz CT molecular complexity index is 959. The van der Waals surface area contributed by atoms with Gasteiger partial charge < -0.3 is 25.4 Å². The third-order valence-electron chi connectivity index (χ3n) is 4.07. The Morgan fingerprint density at radius 1 is 1.17 bits per heavy atom. The van der Waals surface area contributed by atoms with E-state index >= 15 is 0 Å². The number of carbonyl (C=O) groups excluding carboxylic acids is 1. The molecule has 0 spiro atoms. The highest BCUT2D eigenvalue weighted by molar-refractivity contribution is 7.89. The topological polar surface area (TPSA) is 137 Å². The highest BCUT2D eigenvalue weighted by Crippen LogP contribution is 2.28. The molecule has 0 heterocycles. The molecule has 0 aromatic heterocycles. The second-order valence-electron chi connectivity index (χ2n) is 6.61. The SMILES string of the molecule is COc1cc(N)c(S(N)(=O)=O)cc1C(=O)NCc1ccc(OCCN(C)C)cc1. The van der Waals surface area contributed by atoms with Crippen LogP contribution in [0.2, 0.25) is 0 Å². The summed E-state index contributed by atoms with van der Waals surface area (Å²) in [5.41, 5.74) is 6.47. The molecule has 0 atom stereocenters. The number of nitrogens with two attached hydrogens (primary N) is 2. The summed E-state index contributed by atoms with van der Waals surface area (Å²) < 4.78 is 34.1. The molecule has 0 aliphatic heterocycles. The number of amides is 1. The van der Waals surface area contributed by atoms with Gasteiger partial charge in [0, 0.05) is 19.2 Å². The maximum Gasteiger partial charge on any atom is 0.255 e. The fourth-order valence-electron chi connectivity index (χ4n) is 2.50. The summed E-state index contributed by atoms with van der Waals surface area (Å²) in [5.74, 6) is 0.370. The molecule has 0 bridgehead atoms. The molecule has 10 heteroatoms. The zero-order chi connectivity index (χ0) is 21.6. The van der Waals surface area contributed by atoms with Gasteiger partial charge in [0.15, 0.2) is 0 Å². The third-order valence-corrected chi connectivity index (χ3v) is 5.03. The molecule has 0 saturated carbocycles. The van der Waals surface area contributed by atoms with Crippen LogP contribution in [0, 0.1) is 0 Å². The minimum Gasteiger partial charge on any atom is -0.496 e. The Morgan fingerprint density at radius 3 is 2.38 bits per heavy atom. The van der Waals surface area contributed by atoms with Crippen molar-refractivity contribution in [2.45, 2.75) is 11.4 Å². The number of primary sulfonamides is 1. The van der Waals surface area contributed by atoms with Crippen LogP contribution in [0.5, 0.6) is 11.5 Å². The zero-order valence-corrected chi connectivity index (χ0v) is 17.5. The van der Waals surface area contributed by atoms with Crippen molar-refractivity contribution >= 4 is 21.6 Å². The Kier molecular flexibility index (Phi) is 7.43. The van der Waals surface area contributed by atoms with Crippen LogP contribution in [0.25, 0.3) is 0 Å². The lowest BCUT2D eigenvalue weighted by atomic mass is 10.1. The van der Waals surface area contributed by atoms with Gasteiger partial charge in [0.05, 0.1) is 18.4 Å². The first-order chi connectivity index (χ1) is 13.6. The van der Waals surface area contributed by atoms with Crippen LogP contribution in [0.4, 0.5) is 5.69 Å². The second kappa shape index (κ2) is 9.59. The molecular formula is C19H26N4O5S. The van der Waals surface area contributed by atoms with Crippen LogP contribution < -0.4 is 25.7 Å². The first-order valence-electron chi connectivity index (χ1n) is 8.76. The monoisotopic (exact) mass is 422 g/mol. The van der Waals surface area contributed by atoms with E-state index in [1.165, 1.54) is 13.2 Å². The van der Waals surface area contributed by atoms with E-state index in [4.69, 9.17) is 20.3 Å².